The van der Waals surface area contributed by atoms with E-state index >= 15 is 0 Å². The summed E-state index contributed by atoms with van der Waals surface area (Å²) < 4.78 is 1.49. The second-order valence-corrected chi connectivity index (χ2v) is 4.71. The van der Waals surface area contributed by atoms with Crippen LogP contribution < -0.4 is 11.3 Å². The number of aromatic nitrogens is 2. The van der Waals surface area contributed by atoms with Gasteiger partial charge in [-0.1, -0.05) is 13.8 Å². The van der Waals surface area contributed by atoms with E-state index in [1.807, 2.05) is 6.92 Å². The fourth-order valence-corrected chi connectivity index (χ4v) is 1.20. The predicted octanol–water partition coefficient (Wildman–Crippen LogP) is 0.927. The lowest BCUT2D eigenvalue weighted by atomic mass is 9.90. The highest BCUT2D eigenvalue weighted by Crippen LogP contribution is 2.18. The first-order valence-corrected chi connectivity index (χ1v) is 5.18. The fraction of sp³-hybridized carbons (Fsp3) is 0.636. The fourth-order valence-electron chi connectivity index (χ4n) is 1.20. The summed E-state index contributed by atoms with van der Waals surface area (Å²) in [6.07, 6.45) is 2.57. The lowest BCUT2D eigenvalue weighted by molar-refractivity contribution is 0.313. The maximum absolute atomic E-state index is 11.5. The van der Waals surface area contributed by atoms with Gasteiger partial charge in [0.2, 0.25) is 0 Å². The molecule has 0 bridgehead atoms. The van der Waals surface area contributed by atoms with Crippen molar-refractivity contribution in [2.24, 2.45) is 11.1 Å². The highest BCUT2D eigenvalue weighted by Gasteiger charge is 2.15. The zero-order valence-corrected chi connectivity index (χ0v) is 9.66. The van der Waals surface area contributed by atoms with Crippen LogP contribution in [0.1, 0.15) is 25.8 Å². The molecule has 15 heavy (non-hydrogen) atoms. The van der Waals surface area contributed by atoms with Gasteiger partial charge in [-0.05, 0) is 30.9 Å². The van der Waals surface area contributed by atoms with Gasteiger partial charge in [0.05, 0.1) is 6.20 Å². The monoisotopic (exact) mass is 209 g/mol. The van der Waals surface area contributed by atoms with Gasteiger partial charge in [0.25, 0.3) is 5.56 Å². The smallest absolute Gasteiger partial charge is 0.266 e. The summed E-state index contributed by atoms with van der Waals surface area (Å²) in [5.74, 6) is 0. The van der Waals surface area contributed by atoms with Crippen molar-refractivity contribution in [3.63, 3.8) is 0 Å². The Kier molecular flexibility index (Phi) is 3.63. The van der Waals surface area contributed by atoms with Crippen molar-refractivity contribution >= 4 is 0 Å². The molecular formula is C11H19N3O. The van der Waals surface area contributed by atoms with Crippen molar-refractivity contribution in [3.8, 4) is 0 Å². The van der Waals surface area contributed by atoms with Gasteiger partial charge < -0.3 is 5.73 Å². The molecule has 0 saturated heterocycles. The van der Waals surface area contributed by atoms with E-state index in [4.69, 9.17) is 5.73 Å². The molecule has 1 aromatic heterocycles. The van der Waals surface area contributed by atoms with Crippen LogP contribution in [0.5, 0.6) is 0 Å². The average molecular weight is 209 g/mol. The molecule has 1 rings (SSSR count). The Labute approximate surface area is 90.1 Å². The van der Waals surface area contributed by atoms with E-state index < -0.39 is 0 Å². The molecule has 1 heterocycles. The van der Waals surface area contributed by atoms with Crippen LogP contribution in [-0.2, 0) is 6.54 Å². The Hall–Kier alpha value is -1.16. The van der Waals surface area contributed by atoms with E-state index in [1.165, 1.54) is 4.68 Å². The van der Waals surface area contributed by atoms with Crippen molar-refractivity contribution in [1.82, 2.24) is 9.78 Å². The van der Waals surface area contributed by atoms with E-state index in [0.717, 1.165) is 12.0 Å². The summed E-state index contributed by atoms with van der Waals surface area (Å²) in [5.41, 5.74) is 6.54. The molecule has 0 aliphatic heterocycles. The molecule has 0 aromatic carbocycles. The van der Waals surface area contributed by atoms with E-state index in [9.17, 15) is 4.79 Å². The van der Waals surface area contributed by atoms with Crippen LogP contribution in [0, 0.1) is 12.3 Å². The molecule has 2 N–H and O–H groups in total. The Morgan fingerprint density at radius 3 is 2.73 bits per heavy atom. The van der Waals surface area contributed by atoms with Crippen molar-refractivity contribution < 1.29 is 0 Å². The molecule has 0 saturated carbocycles. The van der Waals surface area contributed by atoms with Crippen LogP contribution in [0.3, 0.4) is 0 Å². The molecule has 4 nitrogen and oxygen atoms in total. The first-order valence-electron chi connectivity index (χ1n) is 5.18. The van der Waals surface area contributed by atoms with Gasteiger partial charge >= 0.3 is 0 Å². The minimum absolute atomic E-state index is 0.0391. The molecule has 0 unspecified atom stereocenters. The van der Waals surface area contributed by atoms with Crippen molar-refractivity contribution in [2.45, 2.75) is 33.7 Å². The van der Waals surface area contributed by atoms with Crippen molar-refractivity contribution in [1.29, 1.82) is 0 Å². The minimum Gasteiger partial charge on any atom is -0.330 e. The average Bonchev–Trinajstić information content (AvgIpc) is 2.16. The van der Waals surface area contributed by atoms with Crippen LogP contribution in [0.15, 0.2) is 17.1 Å². The highest BCUT2D eigenvalue weighted by atomic mass is 16.1. The minimum atomic E-state index is -0.0391. The summed E-state index contributed by atoms with van der Waals surface area (Å²) in [4.78, 5) is 11.5. The number of aryl methyl sites for hydroxylation is 2. The third kappa shape index (κ3) is 3.47. The normalized spacial score (nSPS) is 11.7. The first kappa shape index (κ1) is 11.9. The third-order valence-corrected chi connectivity index (χ3v) is 2.56. The van der Waals surface area contributed by atoms with E-state index in [2.05, 4.69) is 18.9 Å². The van der Waals surface area contributed by atoms with Crippen LogP contribution in [0.2, 0.25) is 0 Å². The quantitative estimate of drug-likeness (QED) is 0.802. The standard InChI is InChI=1S/C11H19N3O/c1-9-6-10(15)14(13-7-9)5-4-11(2,3)8-12/h6-7H,4-5,8,12H2,1-3H3. The summed E-state index contributed by atoms with van der Waals surface area (Å²) >= 11 is 0. The largest absolute Gasteiger partial charge is 0.330 e. The summed E-state index contributed by atoms with van der Waals surface area (Å²) in [6.45, 7) is 7.29. The zero-order valence-electron chi connectivity index (χ0n) is 9.66. The number of hydrogen-bond acceptors (Lipinski definition) is 3. The van der Waals surface area contributed by atoms with Crippen LogP contribution in [-0.4, -0.2) is 16.3 Å². The summed E-state index contributed by atoms with van der Waals surface area (Å²) in [5, 5.41) is 4.08. The van der Waals surface area contributed by atoms with Gasteiger partial charge in [-0.3, -0.25) is 4.79 Å². The van der Waals surface area contributed by atoms with Gasteiger partial charge in [0.1, 0.15) is 0 Å². The van der Waals surface area contributed by atoms with Crippen LogP contribution in [0.4, 0.5) is 0 Å². The van der Waals surface area contributed by atoms with Crippen LogP contribution >= 0.6 is 0 Å². The van der Waals surface area contributed by atoms with E-state index in [0.29, 0.717) is 13.1 Å². The van der Waals surface area contributed by atoms with Gasteiger partial charge in [0, 0.05) is 12.6 Å². The van der Waals surface area contributed by atoms with Crippen molar-refractivity contribution in [2.75, 3.05) is 6.54 Å². The van der Waals surface area contributed by atoms with Gasteiger partial charge in [-0.2, -0.15) is 5.10 Å². The first-order chi connectivity index (χ1) is 6.94. The molecule has 0 fully saturated rings. The number of nitrogens with two attached hydrogens (primary N) is 1. The molecule has 0 aliphatic rings. The SMILES string of the molecule is Cc1cnn(CCC(C)(C)CN)c(=O)c1. The number of hydrogen-bond donors (Lipinski definition) is 1. The molecule has 84 valence electrons. The molecule has 0 radical (unpaired) electrons. The Morgan fingerprint density at radius 2 is 2.20 bits per heavy atom. The van der Waals surface area contributed by atoms with E-state index in [1.54, 1.807) is 12.3 Å². The molecule has 1 aromatic rings. The Balaban J connectivity index is 2.70. The van der Waals surface area contributed by atoms with Gasteiger partial charge in [-0.15, -0.1) is 0 Å². The number of nitrogens with zero attached hydrogens (tertiary/aromatic N) is 2. The zero-order chi connectivity index (χ0) is 11.5. The van der Waals surface area contributed by atoms with Crippen molar-refractivity contribution in [3.05, 3.63) is 28.2 Å². The van der Waals surface area contributed by atoms with Gasteiger partial charge in [0.15, 0.2) is 0 Å². The summed E-state index contributed by atoms with van der Waals surface area (Å²) in [6, 6.07) is 1.60. The number of rotatable bonds is 4. The maximum Gasteiger partial charge on any atom is 0.266 e. The van der Waals surface area contributed by atoms with E-state index in [-0.39, 0.29) is 11.0 Å². The molecule has 0 spiro atoms. The lowest BCUT2D eigenvalue weighted by Gasteiger charge is -2.21. The highest BCUT2D eigenvalue weighted by molar-refractivity contribution is 5.02. The van der Waals surface area contributed by atoms with Crippen LogP contribution in [0.25, 0.3) is 0 Å². The lowest BCUT2D eigenvalue weighted by Crippen LogP contribution is -2.29. The molecule has 4 heteroatoms. The Morgan fingerprint density at radius 1 is 1.53 bits per heavy atom. The molecule has 0 aliphatic carbocycles. The molecule has 0 atom stereocenters. The summed E-state index contributed by atoms with van der Waals surface area (Å²) in [7, 11) is 0. The predicted molar refractivity (Wildman–Crippen MR) is 60.7 cm³/mol. The topological polar surface area (TPSA) is 60.9 Å². The van der Waals surface area contributed by atoms with Gasteiger partial charge in [-0.25, -0.2) is 4.68 Å². The third-order valence-electron chi connectivity index (χ3n) is 2.56. The maximum atomic E-state index is 11.5. The second-order valence-electron chi connectivity index (χ2n) is 4.71. The molecule has 0 amide bonds. The second kappa shape index (κ2) is 4.57. The Bertz CT molecular complexity index is 382. The molecular weight excluding hydrogens is 190 g/mol.